The molecule has 0 atom stereocenters. The molecule has 3 rings (SSSR count). The van der Waals surface area contributed by atoms with E-state index in [1.807, 2.05) is 26.1 Å². The molecule has 0 aliphatic carbocycles. The maximum absolute atomic E-state index is 11.8. The molecule has 0 saturated heterocycles. The van der Waals surface area contributed by atoms with E-state index in [1.54, 1.807) is 6.26 Å². The van der Waals surface area contributed by atoms with Gasteiger partial charge in [-0.3, -0.25) is 9.69 Å². The summed E-state index contributed by atoms with van der Waals surface area (Å²) in [5.74, 6) is 0.903. The van der Waals surface area contributed by atoms with Gasteiger partial charge in [0.05, 0.1) is 19.4 Å². The van der Waals surface area contributed by atoms with Gasteiger partial charge in [-0.05, 0) is 26.1 Å². The van der Waals surface area contributed by atoms with Crippen LogP contribution >= 0.6 is 11.3 Å². The van der Waals surface area contributed by atoms with Gasteiger partial charge in [0.2, 0.25) is 4.96 Å². The van der Waals surface area contributed by atoms with E-state index in [4.69, 9.17) is 4.42 Å². The monoisotopic (exact) mass is 290 g/mol. The minimum Gasteiger partial charge on any atom is -0.468 e. The quantitative estimate of drug-likeness (QED) is 0.731. The molecule has 0 saturated carbocycles. The van der Waals surface area contributed by atoms with E-state index in [0.29, 0.717) is 23.7 Å². The third kappa shape index (κ3) is 2.63. The van der Waals surface area contributed by atoms with Crippen LogP contribution < -0.4 is 5.56 Å². The molecule has 0 unspecified atom stereocenters. The molecule has 0 amide bonds. The van der Waals surface area contributed by atoms with E-state index in [-0.39, 0.29) is 5.56 Å². The Kier molecular flexibility index (Phi) is 3.37. The van der Waals surface area contributed by atoms with Gasteiger partial charge in [0.25, 0.3) is 5.56 Å². The van der Waals surface area contributed by atoms with Crippen LogP contribution in [0.5, 0.6) is 0 Å². The molecule has 3 heterocycles. The average Bonchev–Trinajstić information content (AvgIpc) is 2.98. The molecule has 20 heavy (non-hydrogen) atoms. The summed E-state index contributed by atoms with van der Waals surface area (Å²) in [6, 6.07) is 5.29. The van der Waals surface area contributed by atoms with Crippen molar-refractivity contribution in [3.63, 3.8) is 0 Å². The number of fused-ring (bicyclic) bond motifs is 1. The van der Waals surface area contributed by atoms with Gasteiger partial charge in [-0.1, -0.05) is 11.3 Å². The highest BCUT2D eigenvalue weighted by Gasteiger charge is 2.10. The fourth-order valence-electron chi connectivity index (χ4n) is 1.98. The molecule has 0 bridgehead atoms. The van der Waals surface area contributed by atoms with Crippen molar-refractivity contribution in [1.29, 1.82) is 0 Å². The van der Waals surface area contributed by atoms with E-state index in [9.17, 15) is 4.79 Å². The number of aryl methyl sites for hydroxylation is 1. The van der Waals surface area contributed by atoms with E-state index in [0.717, 1.165) is 10.8 Å². The van der Waals surface area contributed by atoms with Crippen molar-refractivity contribution in [3.8, 4) is 0 Å². The maximum Gasteiger partial charge on any atom is 0.275 e. The lowest BCUT2D eigenvalue weighted by Gasteiger charge is -2.12. The third-order valence-corrected chi connectivity index (χ3v) is 3.72. The summed E-state index contributed by atoms with van der Waals surface area (Å²) in [6.07, 6.45) is 1.66. The van der Waals surface area contributed by atoms with Gasteiger partial charge in [-0.2, -0.15) is 9.61 Å². The third-order valence-electron chi connectivity index (χ3n) is 2.83. The summed E-state index contributed by atoms with van der Waals surface area (Å²) in [4.78, 5) is 18.8. The van der Waals surface area contributed by atoms with E-state index in [1.165, 1.54) is 21.9 Å². The van der Waals surface area contributed by atoms with Crippen molar-refractivity contribution in [3.05, 3.63) is 51.3 Å². The molecule has 0 radical (unpaired) electrons. The van der Waals surface area contributed by atoms with Crippen molar-refractivity contribution in [2.75, 3.05) is 7.05 Å². The molecular weight excluding hydrogens is 276 g/mol. The lowest BCUT2D eigenvalue weighted by molar-refractivity contribution is 0.286. The number of furan rings is 1. The van der Waals surface area contributed by atoms with Crippen molar-refractivity contribution in [2.24, 2.45) is 0 Å². The first-order chi connectivity index (χ1) is 9.61. The Morgan fingerprint density at radius 1 is 1.45 bits per heavy atom. The van der Waals surface area contributed by atoms with Gasteiger partial charge in [-0.15, -0.1) is 0 Å². The molecule has 0 spiro atoms. The minimum atomic E-state index is -0.135. The Bertz CT molecular complexity index is 775. The first kappa shape index (κ1) is 13.0. The lowest BCUT2D eigenvalue weighted by Crippen LogP contribution is -2.18. The predicted molar refractivity (Wildman–Crippen MR) is 75.8 cm³/mol. The summed E-state index contributed by atoms with van der Waals surface area (Å²) in [7, 11) is 1.98. The number of nitrogens with zero attached hydrogens (tertiary/aromatic N) is 4. The zero-order valence-corrected chi connectivity index (χ0v) is 12.1. The first-order valence-corrected chi connectivity index (χ1v) is 7.01. The largest absolute Gasteiger partial charge is 0.468 e. The van der Waals surface area contributed by atoms with Crippen LogP contribution in [0.3, 0.4) is 0 Å². The van der Waals surface area contributed by atoms with Crippen molar-refractivity contribution >= 4 is 16.3 Å². The van der Waals surface area contributed by atoms with E-state index >= 15 is 0 Å². The van der Waals surface area contributed by atoms with Gasteiger partial charge in [0.1, 0.15) is 10.8 Å². The normalized spacial score (nSPS) is 11.6. The topological polar surface area (TPSA) is 63.6 Å². The standard InChI is InChI=1S/C13H14N4O2S/c1-9-6-12(18)17-13(14-9)20-11(15-17)8-16(2)7-10-4-3-5-19-10/h3-6H,7-8H2,1-2H3. The second-order valence-corrected chi connectivity index (χ2v) is 5.72. The summed E-state index contributed by atoms with van der Waals surface area (Å²) in [5.41, 5.74) is 0.581. The van der Waals surface area contributed by atoms with Crippen LogP contribution in [0.2, 0.25) is 0 Å². The molecule has 0 aliphatic heterocycles. The zero-order chi connectivity index (χ0) is 14.1. The molecule has 7 heteroatoms. The smallest absolute Gasteiger partial charge is 0.275 e. The van der Waals surface area contributed by atoms with Gasteiger partial charge in [0.15, 0.2) is 0 Å². The SMILES string of the molecule is Cc1cc(=O)n2nc(CN(C)Cc3ccco3)sc2n1. The van der Waals surface area contributed by atoms with Gasteiger partial charge < -0.3 is 4.42 Å². The van der Waals surface area contributed by atoms with E-state index < -0.39 is 0 Å². The Morgan fingerprint density at radius 2 is 2.30 bits per heavy atom. The molecular formula is C13H14N4O2S. The Morgan fingerprint density at radius 3 is 3.05 bits per heavy atom. The van der Waals surface area contributed by atoms with Crippen molar-refractivity contribution in [1.82, 2.24) is 19.5 Å². The lowest BCUT2D eigenvalue weighted by atomic mass is 10.4. The molecule has 104 valence electrons. The van der Waals surface area contributed by atoms with Crippen LogP contribution in [0.1, 0.15) is 16.5 Å². The highest BCUT2D eigenvalue weighted by atomic mass is 32.1. The second-order valence-electron chi connectivity index (χ2n) is 4.68. The Labute approximate surface area is 119 Å². The molecule has 0 N–H and O–H groups in total. The highest BCUT2D eigenvalue weighted by molar-refractivity contribution is 7.16. The molecule has 0 fully saturated rings. The molecule has 3 aromatic heterocycles. The summed E-state index contributed by atoms with van der Waals surface area (Å²) in [5, 5.41) is 5.17. The number of hydrogen-bond donors (Lipinski definition) is 0. The molecule has 3 aromatic rings. The van der Waals surface area contributed by atoms with Crippen LogP contribution in [-0.4, -0.2) is 26.5 Å². The van der Waals surface area contributed by atoms with Crippen molar-refractivity contribution in [2.45, 2.75) is 20.0 Å². The van der Waals surface area contributed by atoms with Crippen LogP contribution in [0, 0.1) is 6.92 Å². The van der Waals surface area contributed by atoms with Crippen LogP contribution in [0.25, 0.3) is 4.96 Å². The summed E-state index contributed by atoms with van der Waals surface area (Å²) in [6.45, 7) is 3.15. The average molecular weight is 290 g/mol. The Balaban J connectivity index is 1.81. The Hall–Kier alpha value is -1.99. The first-order valence-electron chi connectivity index (χ1n) is 6.19. The van der Waals surface area contributed by atoms with Crippen LogP contribution in [0.15, 0.2) is 33.7 Å². The van der Waals surface area contributed by atoms with Crippen LogP contribution in [-0.2, 0) is 13.1 Å². The van der Waals surface area contributed by atoms with Gasteiger partial charge in [0, 0.05) is 11.8 Å². The summed E-state index contributed by atoms with van der Waals surface area (Å²) < 4.78 is 6.66. The summed E-state index contributed by atoms with van der Waals surface area (Å²) >= 11 is 1.44. The number of aromatic nitrogens is 3. The highest BCUT2D eigenvalue weighted by Crippen LogP contribution is 2.14. The maximum atomic E-state index is 11.8. The molecule has 6 nitrogen and oxygen atoms in total. The van der Waals surface area contributed by atoms with Gasteiger partial charge in [-0.25, -0.2) is 4.98 Å². The fourth-order valence-corrected chi connectivity index (χ4v) is 3.00. The fraction of sp³-hybridized carbons (Fsp3) is 0.308. The van der Waals surface area contributed by atoms with Gasteiger partial charge >= 0.3 is 0 Å². The number of hydrogen-bond acceptors (Lipinski definition) is 6. The van der Waals surface area contributed by atoms with Crippen molar-refractivity contribution < 1.29 is 4.42 Å². The number of rotatable bonds is 4. The molecule has 0 aromatic carbocycles. The van der Waals surface area contributed by atoms with E-state index in [2.05, 4.69) is 15.0 Å². The van der Waals surface area contributed by atoms with Crippen LogP contribution in [0.4, 0.5) is 0 Å². The predicted octanol–water partition coefficient (Wildman–Crippen LogP) is 1.68. The molecule has 0 aliphatic rings. The second kappa shape index (κ2) is 5.18. The minimum absolute atomic E-state index is 0.135. The zero-order valence-electron chi connectivity index (χ0n) is 11.2.